The van der Waals surface area contributed by atoms with E-state index in [2.05, 4.69) is 32.5 Å². The summed E-state index contributed by atoms with van der Waals surface area (Å²) in [5.74, 6) is 1.58. The van der Waals surface area contributed by atoms with Crippen molar-refractivity contribution >= 4 is 28.1 Å². The van der Waals surface area contributed by atoms with Gasteiger partial charge < -0.3 is 14.2 Å². The van der Waals surface area contributed by atoms with Gasteiger partial charge in [-0.05, 0) is 82.6 Å². The zero-order valence-electron chi connectivity index (χ0n) is 16.0. The lowest BCUT2D eigenvalue weighted by molar-refractivity contribution is -0.123. The second-order valence-electron chi connectivity index (χ2n) is 6.42. The maximum atomic E-state index is 12.0. The fourth-order valence-corrected chi connectivity index (χ4v) is 3.86. The fraction of sp³-hybridized carbons (Fsp3) is 0.333. The summed E-state index contributed by atoms with van der Waals surface area (Å²) in [5, 5.41) is 3.96. The van der Waals surface area contributed by atoms with Gasteiger partial charge in [-0.25, -0.2) is 5.43 Å². The van der Waals surface area contributed by atoms with Crippen molar-refractivity contribution in [2.24, 2.45) is 5.10 Å². The van der Waals surface area contributed by atoms with E-state index in [0.29, 0.717) is 17.2 Å². The number of rotatable bonds is 7. The number of halogens is 1. The van der Waals surface area contributed by atoms with Crippen LogP contribution in [0.3, 0.4) is 0 Å². The van der Waals surface area contributed by atoms with Crippen LogP contribution >= 0.6 is 15.9 Å². The highest BCUT2D eigenvalue weighted by Crippen LogP contribution is 2.35. The Hall–Kier alpha value is -2.54. The molecule has 6 nitrogen and oxygen atoms in total. The summed E-state index contributed by atoms with van der Waals surface area (Å²) in [5.41, 5.74) is 5.89. The molecule has 2 aromatic carbocycles. The number of hydrogen-bond acceptors (Lipinski definition) is 5. The van der Waals surface area contributed by atoms with E-state index in [4.69, 9.17) is 14.2 Å². The van der Waals surface area contributed by atoms with E-state index in [-0.39, 0.29) is 12.5 Å². The molecule has 2 aromatic rings. The topological polar surface area (TPSA) is 69.2 Å². The second-order valence-corrected chi connectivity index (χ2v) is 7.21. The molecule has 0 bridgehead atoms. The molecular weight excluding hydrogens is 424 g/mol. The molecule has 0 saturated heterocycles. The van der Waals surface area contributed by atoms with Crippen LogP contribution in [0.5, 0.6) is 17.2 Å². The molecule has 1 amide bonds. The number of benzene rings is 2. The molecule has 0 heterocycles. The summed E-state index contributed by atoms with van der Waals surface area (Å²) in [4.78, 5) is 12.0. The normalized spacial score (nSPS) is 13.1. The highest BCUT2D eigenvalue weighted by atomic mass is 79.9. The molecule has 0 spiro atoms. The largest absolute Gasteiger partial charge is 0.493 e. The number of hydrazone groups is 1. The highest BCUT2D eigenvalue weighted by Gasteiger charge is 2.16. The molecule has 1 N–H and O–H groups in total. The number of methoxy groups -OCH3 is 2. The predicted molar refractivity (Wildman–Crippen MR) is 112 cm³/mol. The molecule has 1 aliphatic rings. The van der Waals surface area contributed by atoms with Crippen LogP contribution in [-0.2, 0) is 17.6 Å². The van der Waals surface area contributed by atoms with Crippen LogP contribution in [0.25, 0.3) is 0 Å². The number of ether oxygens (including phenoxy) is 3. The van der Waals surface area contributed by atoms with Crippen molar-refractivity contribution in [3.05, 3.63) is 51.5 Å². The van der Waals surface area contributed by atoms with Crippen molar-refractivity contribution in [1.82, 2.24) is 5.43 Å². The van der Waals surface area contributed by atoms with Crippen molar-refractivity contribution in [2.45, 2.75) is 25.7 Å². The summed E-state index contributed by atoms with van der Waals surface area (Å²) in [6, 6.07) is 9.36. The minimum Gasteiger partial charge on any atom is -0.493 e. The third-order valence-electron chi connectivity index (χ3n) is 4.60. The molecule has 0 saturated carbocycles. The van der Waals surface area contributed by atoms with E-state index in [9.17, 15) is 4.79 Å². The molecular formula is C21H23BrN2O4. The lowest BCUT2D eigenvalue weighted by Crippen LogP contribution is -2.24. The first-order valence-electron chi connectivity index (χ1n) is 9.09. The van der Waals surface area contributed by atoms with Gasteiger partial charge in [-0.3, -0.25) is 4.79 Å². The van der Waals surface area contributed by atoms with Crippen LogP contribution in [0.2, 0.25) is 0 Å². The molecule has 28 heavy (non-hydrogen) atoms. The zero-order chi connectivity index (χ0) is 19.9. The fourth-order valence-electron chi connectivity index (χ4n) is 3.16. The SMILES string of the molecule is COc1ccc(/C=N\NC(=O)COc2ccc3c(c2Br)CCCC3)cc1OC. The summed E-state index contributed by atoms with van der Waals surface area (Å²) >= 11 is 3.62. The van der Waals surface area contributed by atoms with Gasteiger partial charge in [0.25, 0.3) is 5.91 Å². The van der Waals surface area contributed by atoms with Crippen molar-refractivity contribution in [3.63, 3.8) is 0 Å². The first-order valence-corrected chi connectivity index (χ1v) is 9.88. The molecule has 0 atom stereocenters. The Morgan fingerprint density at radius 2 is 1.86 bits per heavy atom. The van der Waals surface area contributed by atoms with E-state index in [0.717, 1.165) is 22.9 Å². The van der Waals surface area contributed by atoms with Crippen molar-refractivity contribution in [3.8, 4) is 17.2 Å². The summed E-state index contributed by atoms with van der Waals surface area (Å²) in [6.07, 6.45) is 6.07. The van der Waals surface area contributed by atoms with Gasteiger partial charge in [0.15, 0.2) is 18.1 Å². The zero-order valence-corrected chi connectivity index (χ0v) is 17.5. The lowest BCUT2D eigenvalue weighted by atomic mass is 9.92. The van der Waals surface area contributed by atoms with Gasteiger partial charge >= 0.3 is 0 Å². The molecule has 1 aliphatic carbocycles. The molecule has 0 aromatic heterocycles. The summed E-state index contributed by atoms with van der Waals surface area (Å²) in [7, 11) is 3.14. The maximum Gasteiger partial charge on any atom is 0.277 e. The Labute approximate surface area is 173 Å². The van der Waals surface area contributed by atoms with Crippen molar-refractivity contribution in [2.75, 3.05) is 20.8 Å². The number of aryl methyl sites for hydroxylation is 1. The average Bonchev–Trinajstić information content (AvgIpc) is 2.73. The van der Waals surface area contributed by atoms with Gasteiger partial charge in [-0.15, -0.1) is 0 Å². The maximum absolute atomic E-state index is 12.0. The van der Waals surface area contributed by atoms with E-state index in [1.807, 2.05) is 12.1 Å². The monoisotopic (exact) mass is 446 g/mol. The van der Waals surface area contributed by atoms with E-state index >= 15 is 0 Å². The van der Waals surface area contributed by atoms with Gasteiger partial charge in [0.2, 0.25) is 0 Å². The Bertz CT molecular complexity index is 883. The van der Waals surface area contributed by atoms with Crippen LogP contribution in [0.1, 0.15) is 29.5 Å². The van der Waals surface area contributed by atoms with Gasteiger partial charge in [-0.2, -0.15) is 5.10 Å². The number of carbonyl (C=O) groups excluding carboxylic acids is 1. The predicted octanol–water partition coefficient (Wildman–Crippen LogP) is 3.87. The van der Waals surface area contributed by atoms with Crippen LogP contribution in [0.15, 0.2) is 39.9 Å². The first-order chi connectivity index (χ1) is 13.6. The van der Waals surface area contributed by atoms with Crippen LogP contribution in [0, 0.1) is 0 Å². The molecule has 0 radical (unpaired) electrons. The van der Waals surface area contributed by atoms with Gasteiger partial charge in [0, 0.05) is 0 Å². The van der Waals surface area contributed by atoms with Gasteiger partial charge in [-0.1, -0.05) is 6.07 Å². The van der Waals surface area contributed by atoms with Crippen molar-refractivity contribution < 1.29 is 19.0 Å². The average molecular weight is 447 g/mol. The summed E-state index contributed by atoms with van der Waals surface area (Å²) < 4.78 is 17.1. The molecule has 3 rings (SSSR count). The number of fused-ring (bicyclic) bond motifs is 1. The minimum absolute atomic E-state index is 0.110. The number of amides is 1. The lowest BCUT2D eigenvalue weighted by Gasteiger charge is -2.19. The third kappa shape index (κ3) is 4.84. The molecule has 148 valence electrons. The third-order valence-corrected chi connectivity index (χ3v) is 5.47. The molecule has 7 heteroatoms. The molecule has 0 fully saturated rings. The van der Waals surface area contributed by atoms with Gasteiger partial charge in [0.05, 0.1) is 24.9 Å². The van der Waals surface area contributed by atoms with Crippen LogP contribution in [-0.4, -0.2) is 32.9 Å². The first kappa shape index (κ1) is 20.2. The number of carbonyl (C=O) groups is 1. The number of nitrogens with zero attached hydrogens (tertiary/aromatic N) is 1. The standard InChI is InChI=1S/C21H23BrN2O4/c1-26-17-9-7-14(11-19(17)27-2)12-23-24-20(25)13-28-18-10-8-15-5-3-4-6-16(15)21(18)22/h7-12H,3-6,13H2,1-2H3,(H,24,25)/b23-12-. The van der Waals surface area contributed by atoms with Gasteiger partial charge in [0.1, 0.15) is 5.75 Å². The molecule has 0 aliphatic heterocycles. The van der Waals surface area contributed by atoms with Crippen LogP contribution < -0.4 is 19.6 Å². The Kier molecular flexibility index (Phi) is 6.92. The quantitative estimate of drug-likeness (QED) is 0.517. The van der Waals surface area contributed by atoms with Crippen LogP contribution in [0.4, 0.5) is 0 Å². The van der Waals surface area contributed by atoms with E-state index in [1.165, 1.54) is 30.2 Å². The Balaban J connectivity index is 1.54. The van der Waals surface area contributed by atoms with E-state index in [1.54, 1.807) is 26.4 Å². The van der Waals surface area contributed by atoms with E-state index < -0.39 is 0 Å². The highest BCUT2D eigenvalue weighted by molar-refractivity contribution is 9.10. The second kappa shape index (κ2) is 9.59. The smallest absolute Gasteiger partial charge is 0.277 e. The Morgan fingerprint density at radius 3 is 2.64 bits per heavy atom. The number of nitrogens with one attached hydrogen (secondary N) is 1. The Morgan fingerprint density at radius 1 is 1.11 bits per heavy atom. The minimum atomic E-state index is -0.332. The van der Waals surface area contributed by atoms with Crippen molar-refractivity contribution in [1.29, 1.82) is 0 Å². The number of hydrogen-bond donors (Lipinski definition) is 1. The summed E-state index contributed by atoms with van der Waals surface area (Å²) in [6.45, 7) is -0.110. The molecule has 0 unspecified atom stereocenters.